The SMILES string of the molecule is COCCn1c(C)cc2oc(=O)cc(O)c2c1=O. The maximum Gasteiger partial charge on any atom is 0.339 e. The van der Waals surface area contributed by atoms with Crippen molar-refractivity contribution in [3.05, 3.63) is 38.6 Å². The van der Waals surface area contributed by atoms with Crippen molar-refractivity contribution < 1.29 is 14.3 Å². The van der Waals surface area contributed by atoms with Crippen molar-refractivity contribution in [1.29, 1.82) is 0 Å². The van der Waals surface area contributed by atoms with E-state index in [4.69, 9.17) is 9.15 Å². The van der Waals surface area contributed by atoms with Gasteiger partial charge in [-0.2, -0.15) is 0 Å². The van der Waals surface area contributed by atoms with E-state index in [2.05, 4.69) is 0 Å². The quantitative estimate of drug-likeness (QED) is 0.864. The van der Waals surface area contributed by atoms with Crippen molar-refractivity contribution in [3.63, 3.8) is 0 Å². The van der Waals surface area contributed by atoms with Crippen LogP contribution in [-0.2, 0) is 11.3 Å². The first-order valence-electron chi connectivity index (χ1n) is 5.41. The average Bonchev–Trinajstić information content (AvgIpc) is 2.27. The van der Waals surface area contributed by atoms with Gasteiger partial charge in [0.2, 0.25) is 0 Å². The Kier molecular flexibility index (Phi) is 3.20. The van der Waals surface area contributed by atoms with Gasteiger partial charge in [-0.15, -0.1) is 0 Å². The van der Waals surface area contributed by atoms with Gasteiger partial charge < -0.3 is 18.8 Å². The second-order valence-corrected chi connectivity index (χ2v) is 3.93. The lowest BCUT2D eigenvalue weighted by Crippen LogP contribution is -2.24. The van der Waals surface area contributed by atoms with Crippen molar-refractivity contribution in [2.45, 2.75) is 13.5 Å². The third-order valence-corrected chi connectivity index (χ3v) is 2.71. The minimum atomic E-state index is -0.687. The summed E-state index contributed by atoms with van der Waals surface area (Å²) in [4.78, 5) is 23.3. The fourth-order valence-corrected chi connectivity index (χ4v) is 1.84. The third-order valence-electron chi connectivity index (χ3n) is 2.71. The molecule has 6 heteroatoms. The van der Waals surface area contributed by atoms with Gasteiger partial charge in [0.1, 0.15) is 16.7 Å². The molecular formula is C12H13NO5. The van der Waals surface area contributed by atoms with Gasteiger partial charge in [0.05, 0.1) is 12.7 Å². The molecule has 0 spiro atoms. The van der Waals surface area contributed by atoms with E-state index in [9.17, 15) is 14.7 Å². The molecule has 0 amide bonds. The van der Waals surface area contributed by atoms with Crippen LogP contribution in [0.15, 0.2) is 26.1 Å². The fourth-order valence-electron chi connectivity index (χ4n) is 1.84. The highest BCUT2D eigenvalue weighted by Gasteiger charge is 2.13. The van der Waals surface area contributed by atoms with E-state index in [0.717, 1.165) is 6.07 Å². The van der Waals surface area contributed by atoms with Gasteiger partial charge in [-0.1, -0.05) is 0 Å². The van der Waals surface area contributed by atoms with Crippen LogP contribution in [0.2, 0.25) is 0 Å². The van der Waals surface area contributed by atoms with Gasteiger partial charge >= 0.3 is 5.63 Å². The molecule has 0 aliphatic rings. The van der Waals surface area contributed by atoms with Crippen LogP contribution in [0.4, 0.5) is 0 Å². The number of fused-ring (bicyclic) bond motifs is 1. The van der Waals surface area contributed by atoms with E-state index >= 15 is 0 Å². The Labute approximate surface area is 102 Å². The summed E-state index contributed by atoms with van der Waals surface area (Å²) in [6.45, 7) is 2.47. The molecule has 2 rings (SSSR count). The number of nitrogens with zero attached hydrogens (tertiary/aromatic N) is 1. The molecule has 0 aliphatic carbocycles. The first-order valence-corrected chi connectivity index (χ1v) is 5.41. The van der Waals surface area contributed by atoms with Gasteiger partial charge in [-0.05, 0) is 6.92 Å². The predicted octanol–water partition coefficient (Wildman–Crippen LogP) is 0.615. The lowest BCUT2D eigenvalue weighted by atomic mass is 10.2. The van der Waals surface area contributed by atoms with Crippen LogP contribution in [0.3, 0.4) is 0 Å². The van der Waals surface area contributed by atoms with Crippen molar-refractivity contribution in [2.24, 2.45) is 0 Å². The predicted molar refractivity (Wildman–Crippen MR) is 65.0 cm³/mol. The van der Waals surface area contributed by atoms with Gasteiger partial charge in [0.25, 0.3) is 5.56 Å². The normalized spacial score (nSPS) is 11.0. The van der Waals surface area contributed by atoms with E-state index in [1.54, 1.807) is 13.0 Å². The summed E-state index contributed by atoms with van der Waals surface area (Å²) >= 11 is 0. The van der Waals surface area contributed by atoms with Crippen LogP contribution < -0.4 is 11.2 Å². The van der Waals surface area contributed by atoms with Crippen molar-refractivity contribution in [1.82, 2.24) is 4.57 Å². The number of rotatable bonds is 3. The van der Waals surface area contributed by atoms with Gasteiger partial charge in [0, 0.05) is 25.4 Å². The number of ether oxygens (including phenoxy) is 1. The highest BCUT2D eigenvalue weighted by atomic mass is 16.5. The number of pyridine rings is 1. The standard InChI is InChI=1S/C12H13NO5/c1-7-5-9-11(8(14)6-10(15)18-9)12(16)13(7)3-4-17-2/h5-6,14H,3-4H2,1-2H3. The lowest BCUT2D eigenvalue weighted by molar-refractivity contribution is 0.185. The Morgan fingerprint density at radius 3 is 2.78 bits per heavy atom. The zero-order valence-corrected chi connectivity index (χ0v) is 10.1. The minimum Gasteiger partial charge on any atom is -0.507 e. The molecule has 0 aliphatic heterocycles. The Morgan fingerprint density at radius 1 is 1.39 bits per heavy atom. The first-order chi connectivity index (χ1) is 8.54. The molecule has 0 saturated heterocycles. The number of hydrogen-bond donors (Lipinski definition) is 1. The molecule has 0 saturated carbocycles. The van der Waals surface area contributed by atoms with Crippen LogP contribution in [0.5, 0.6) is 5.75 Å². The highest BCUT2D eigenvalue weighted by molar-refractivity contribution is 5.82. The largest absolute Gasteiger partial charge is 0.507 e. The Morgan fingerprint density at radius 2 is 2.11 bits per heavy atom. The van der Waals surface area contributed by atoms with Gasteiger partial charge in [-0.25, -0.2) is 4.79 Å². The third kappa shape index (κ3) is 2.02. The maximum atomic E-state index is 12.2. The van der Waals surface area contributed by atoms with Crippen LogP contribution in [-0.4, -0.2) is 23.4 Å². The minimum absolute atomic E-state index is 0.0105. The molecule has 1 N–H and O–H groups in total. The first kappa shape index (κ1) is 12.4. The molecule has 2 aromatic heterocycles. The van der Waals surface area contributed by atoms with Crippen molar-refractivity contribution in [2.75, 3.05) is 13.7 Å². The zero-order valence-electron chi connectivity index (χ0n) is 10.1. The van der Waals surface area contributed by atoms with Gasteiger partial charge in [0.15, 0.2) is 0 Å². The van der Waals surface area contributed by atoms with Crippen LogP contribution in [0.25, 0.3) is 11.0 Å². The summed E-state index contributed by atoms with van der Waals surface area (Å²) in [5.41, 5.74) is -0.355. The molecule has 0 fully saturated rings. The van der Waals surface area contributed by atoms with E-state index in [0.29, 0.717) is 18.8 Å². The topological polar surface area (TPSA) is 81.7 Å². The Balaban J connectivity index is 2.77. The number of aryl methyl sites for hydroxylation is 1. The molecule has 0 aromatic carbocycles. The molecule has 2 aromatic rings. The number of methoxy groups -OCH3 is 1. The van der Waals surface area contributed by atoms with E-state index < -0.39 is 11.2 Å². The Hall–Kier alpha value is -2.08. The molecule has 0 unspecified atom stereocenters. The molecular weight excluding hydrogens is 238 g/mol. The fraction of sp³-hybridized carbons (Fsp3) is 0.333. The molecule has 0 bridgehead atoms. The molecule has 0 radical (unpaired) electrons. The van der Waals surface area contributed by atoms with Crippen molar-refractivity contribution >= 4 is 11.0 Å². The number of aromatic nitrogens is 1. The molecule has 0 atom stereocenters. The zero-order chi connectivity index (χ0) is 13.3. The summed E-state index contributed by atoms with van der Waals surface area (Å²) in [6, 6.07) is 2.44. The molecule has 18 heavy (non-hydrogen) atoms. The summed E-state index contributed by atoms with van der Waals surface area (Å²) in [5, 5.41) is 9.68. The van der Waals surface area contributed by atoms with Crippen LogP contribution in [0, 0.1) is 6.92 Å². The second kappa shape index (κ2) is 4.66. The maximum absolute atomic E-state index is 12.2. The summed E-state index contributed by atoms with van der Waals surface area (Å²) < 4.78 is 11.3. The lowest BCUT2D eigenvalue weighted by Gasteiger charge is -2.10. The van der Waals surface area contributed by atoms with Crippen LogP contribution >= 0.6 is 0 Å². The number of hydrogen-bond acceptors (Lipinski definition) is 5. The summed E-state index contributed by atoms with van der Waals surface area (Å²) in [7, 11) is 1.54. The average molecular weight is 251 g/mol. The van der Waals surface area contributed by atoms with Crippen LogP contribution in [0.1, 0.15) is 5.69 Å². The molecule has 2 heterocycles. The number of aromatic hydroxyl groups is 1. The van der Waals surface area contributed by atoms with E-state index in [1.807, 2.05) is 0 Å². The highest BCUT2D eigenvalue weighted by Crippen LogP contribution is 2.19. The summed E-state index contributed by atoms with van der Waals surface area (Å²) in [5.74, 6) is -0.364. The molecule has 6 nitrogen and oxygen atoms in total. The Bertz CT molecular complexity index is 698. The summed E-state index contributed by atoms with van der Waals surface area (Å²) in [6.07, 6.45) is 0. The van der Waals surface area contributed by atoms with E-state index in [1.165, 1.54) is 11.7 Å². The molecule has 96 valence electrons. The monoisotopic (exact) mass is 251 g/mol. The van der Waals surface area contributed by atoms with Gasteiger partial charge in [-0.3, -0.25) is 4.79 Å². The van der Waals surface area contributed by atoms with E-state index in [-0.39, 0.29) is 16.7 Å². The smallest absolute Gasteiger partial charge is 0.339 e. The van der Waals surface area contributed by atoms with Crippen molar-refractivity contribution in [3.8, 4) is 5.75 Å². The second-order valence-electron chi connectivity index (χ2n) is 3.93.